The third-order valence-electron chi connectivity index (χ3n) is 4.21. The van der Waals surface area contributed by atoms with Crippen molar-refractivity contribution < 1.29 is 13.2 Å². The van der Waals surface area contributed by atoms with E-state index in [9.17, 15) is 13.2 Å². The van der Waals surface area contributed by atoms with Gasteiger partial charge in [0, 0.05) is 5.02 Å². The summed E-state index contributed by atoms with van der Waals surface area (Å²) < 4.78 is 27.4. The van der Waals surface area contributed by atoms with Crippen LogP contribution in [0.5, 0.6) is 0 Å². The van der Waals surface area contributed by atoms with Crippen molar-refractivity contribution in [2.45, 2.75) is 11.8 Å². The highest BCUT2D eigenvalue weighted by molar-refractivity contribution is 7.92. The zero-order valence-electron chi connectivity index (χ0n) is 16.2. The van der Waals surface area contributed by atoms with Crippen LogP contribution in [0, 0.1) is 6.92 Å². The molecule has 0 saturated carbocycles. The number of carbonyl (C=O) groups is 1. The largest absolute Gasteiger partial charge is 0.271 e. The fourth-order valence-electron chi connectivity index (χ4n) is 2.64. The van der Waals surface area contributed by atoms with Gasteiger partial charge >= 0.3 is 0 Å². The van der Waals surface area contributed by atoms with Gasteiger partial charge in [-0.15, -0.1) is 0 Å². The molecule has 0 bridgehead atoms. The summed E-state index contributed by atoms with van der Waals surface area (Å²) in [6, 6.07) is 21.8. The number of halogens is 1. The number of nitrogens with zero attached hydrogens (tertiary/aromatic N) is 2. The maximum absolute atomic E-state index is 13.2. The minimum Gasteiger partial charge on any atom is -0.271 e. The molecule has 3 aromatic rings. The average Bonchev–Trinajstić information content (AvgIpc) is 2.74. The highest BCUT2D eigenvalue weighted by atomic mass is 35.5. The highest BCUT2D eigenvalue weighted by Gasteiger charge is 2.27. The number of nitrogens with one attached hydrogen (secondary N) is 1. The molecule has 1 amide bonds. The number of para-hydroxylation sites is 1. The van der Waals surface area contributed by atoms with E-state index in [0.29, 0.717) is 10.7 Å². The van der Waals surface area contributed by atoms with Gasteiger partial charge in [0.25, 0.3) is 15.9 Å². The van der Waals surface area contributed by atoms with Crippen LogP contribution >= 0.6 is 11.6 Å². The monoisotopic (exact) mass is 441 g/mol. The molecule has 0 saturated heterocycles. The predicted octanol–water partition coefficient (Wildman–Crippen LogP) is 3.99. The van der Waals surface area contributed by atoms with Crippen molar-refractivity contribution in [2.75, 3.05) is 10.8 Å². The zero-order valence-corrected chi connectivity index (χ0v) is 17.8. The molecule has 0 atom stereocenters. The SMILES string of the molecule is Cc1ccc(/C=N\NC(=O)CN(c2ccccc2)S(=O)(=O)c2ccc(Cl)cc2)cc1. The topological polar surface area (TPSA) is 78.8 Å². The summed E-state index contributed by atoms with van der Waals surface area (Å²) in [5.41, 5.74) is 4.68. The van der Waals surface area contributed by atoms with Gasteiger partial charge in [0.1, 0.15) is 6.54 Å². The lowest BCUT2D eigenvalue weighted by Gasteiger charge is -2.23. The number of anilines is 1. The van der Waals surface area contributed by atoms with Crippen LogP contribution in [0.1, 0.15) is 11.1 Å². The highest BCUT2D eigenvalue weighted by Crippen LogP contribution is 2.24. The molecule has 0 aliphatic rings. The van der Waals surface area contributed by atoms with E-state index in [1.165, 1.54) is 30.5 Å². The minimum absolute atomic E-state index is 0.0340. The standard InChI is InChI=1S/C22H20ClN3O3S/c1-17-7-9-18(10-8-17)15-24-25-22(27)16-26(20-5-3-2-4-6-20)30(28,29)21-13-11-19(23)12-14-21/h2-15H,16H2,1H3,(H,25,27)/b24-15-. The van der Waals surface area contributed by atoms with E-state index in [0.717, 1.165) is 15.4 Å². The Morgan fingerprint density at radius 3 is 2.27 bits per heavy atom. The number of hydrogen-bond acceptors (Lipinski definition) is 4. The Morgan fingerprint density at radius 2 is 1.63 bits per heavy atom. The third kappa shape index (κ3) is 5.46. The summed E-state index contributed by atoms with van der Waals surface area (Å²) >= 11 is 5.87. The van der Waals surface area contributed by atoms with Gasteiger partial charge in [0.15, 0.2) is 0 Å². The van der Waals surface area contributed by atoms with Crippen LogP contribution in [0.4, 0.5) is 5.69 Å². The molecule has 1 N–H and O–H groups in total. The Bertz CT molecular complexity index is 1130. The molecule has 3 rings (SSSR count). The van der Waals surface area contributed by atoms with Gasteiger partial charge in [-0.1, -0.05) is 59.6 Å². The number of sulfonamides is 1. The molecule has 6 nitrogen and oxygen atoms in total. The van der Waals surface area contributed by atoms with Crippen molar-refractivity contribution in [1.82, 2.24) is 5.43 Å². The number of amides is 1. The number of hydrogen-bond donors (Lipinski definition) is 1. The maximum Gasteiger partial charge on any atom is 0.264 e. The quantitative estimate of drug-likeness (QED) is 0.444. The van der Waals surface area contributed by atoms with Crippen molar-refractivity contribution >= 4 is 39.4 Å². The van der Waals surface area contributed by atoms with Gasteiger partial charge in [0.05, 0.1) is 16.8 Å². The second kappa shape index (κ2) is 9.56. The normalized spacial score (nSPS) is 11.4. The van der Waals surface area contributed by atoms with Crippen LogP contribution in [0.15, 0.2) is 88.9 Å². The first kappa shape index (κ1) is 21.5. The second-order valence-corrected chi connectivity index (χ2v) is 8.80. The van der Waals surface area contributed by atoms with Gasteiger partial charge in [-0.05, 0) is 48.9 Å². The Balaban J connectivity index is 1.80. The van der Waals surface area contributed by atoms with Crippen molar-refractivity contribution in [1.29, 1.82) is 0 Å². The van der Waals surface area contributed by atoms with Crippen LogP contribution < -0.4 is 9.73 Å². The summed E-state index contributed by atoms with van der Waals surface area (Å²) in [5, 5.41) is 4.34. The Hall–Kier alpha value is -3.16. The lowest BCUT2D eigenvalue weighted by molar-refractivity contribution is -0.119. The van der Waals surface area contributed by atoms with Gasteiger partial charge in [-0.25, -0.2) is 13.8 Å². The van der Waals surface area contributed by atoms with E-state index in [1.807, 2.05) is 31.2 Å². The van der Waals surface area contributed by atoms with Gasteiger partial charge < -0.3 is 0 Å². The molecular formula is C22H20ClN3O3S. The average molecular weight is 442 g/mol. The lowest BCUT2D eigenvalue weighted by Crippen LogP contribution is -2.39. The van der Waals surface area contributed by atoms with Crippen LogP contribution in [-0.2, 0) is 14.8 Å². The third-order valence-corrected chi connectivity index (χ3v) is 6.25. The van der Waals surface area contributed by atoms with Crippen LogP contribution in [0.25, 0.3) is 0 Å². The molecule has 154 valence electrons. The fourth-order valence-corrected chi connectivity index (χ4v) is 4.19. The molecule has 0 aliphatic carbocycles. The van der Waals surface area contributed by atoms with Crippen LogP contribution in [0.2, 0.25) is 5.02 Å². The molecule has 0 unspecified atom stereocenters. The number of benzene rings is 3. The Labute approximate surface area is 180 Å². The molecule has 0 fully saturated rings. The molecule has 0 spiro atoms. The Kier molecular flexibility index (Phi) is 6.87. The molecule has 3 aromatic carbocycles. The van der Waals surface area contributed by atoms with Gasteiger partial charge in [-0.3, -0.25) is 9.10 Å². The summed E-state index contributed by atoms with van der Waals surface area (Å²) in [7, 11) is -3.99. The van der Waals surface area contributed by atoms with Crippen molar-refractivity contribution in [2.24, 2.45) is 5.10 Å². The minimum atomic E-state index is -3.99. The smallest absolute Gasteiger partial charge is 0.264 e. The summed E-state index contributed by atoms with van der Waals surface area (Å²) in [4.78, 5) is 12.5. The van der Waals surface area contributed by atoms with E-state index in [2.05, 4.69) is 10.5 Å². The first-order valence-corrected chi connectivity index (χ1v) is 10.9. The maximum atomic E-state index is 13.2. The predicted molar refractivity (Wildman–Crippen MR) is 119 cm³/mol. The second-order valence-electron chi connectivity index (χ2n) is 6.51. The lowest BCUT2D eigenvalue weighted by atomic mass is 10.2. The number of carbonyl (C=O) groups excluding carboxylic acids is 1. The van der Waals surface area contributed by atoms with Gasteiger partial charge in [0.2, 0.25) is 0 Å². The number of rotatable bonds is 7. The van der Waals surface area contributed by atoms with Gasteiger partial charge in [-0.2, -0.15) is 5.10 Å². The van der Waals surface area contributed by atoms with E-state index < -0.39 is 22.5 Å². The van der Waals surface area contributed by atoms with E-state index in [1.54, 1.807) is 30.3 Å². The zero-order chi connectivity index (χ0) is 21.6. The first-order valence-electron chi connectivity index (χ1n) is 9.08. The number of hydrazone groups is 1. The van der Waals surface area contributed by atoms with Crippen molar-refractivity contribution in [3.63, 3.8) is 0 Å². The first-order chi connectivity index (χ1) is 14.4. The molecule has 0 radical (unpaired) electrons. The van der Waals surface area contributed by atoms with Crippen molar-refractivity contribution in [3.05, 3.63) is 95.0 Å². The molecule has 0 aliphatic heterocycles. The fraction of sp³-hybridized carbons (Fsp3) is 0.0909. The molecule has 0 aromatic heterocycles. The summed E-state index contributed by atoms with van der Waals surface area (Å²) in [6.45, 7) is 1.54. The molecule has 0 heterocycles. The van der Waals surface area contributed by atoms with Crippen LogP contribution in [0.3, 0.4) is 0 Å². The van der Waals surface area contributed by atoms with Crippen molar-refractivity contribution in [3.8, 4) is 0 Å². The summed E-state index contributed by atoms with van der Waals surface area (Å²) in [5.74, 6) is -0.570. The van der Waals surface area contributed by atoms with E-state index in [-0.39, 0.29) is 4.90 Å². The van der Waals surface area contributed by atoms with Crippen LogP contribution in [-0.4, -0.2) is 27.1 Å². The van der Waals surface area contributed by atoms with E-state index >= 15 is 0 Å². The molecule has 8 heteroatoms. The number of aryl methyl sites for hydroxylation is 1. The summed E-state index contributed by atoms with van der Waals surface area (Å²) in [6.07, 6.45) is 1.50. The molecular weight excluding hydrogens is 422 g/mol. The molecule has 30 heavy (non-hydrogen) atoms. The Morgan fingerprint density at radius 1 is 1.00 bits per heavy atom. The van der Waals surface area contributed by atoms with E-state index in [4.69, 9.17) is 11.6 Å².